The number of nitro benzene ring substituents is 1. The van der Waals surface area contributed by atoms with Gasteiger partial charge in [-0.1, -0.05) is 18.2 Å². The first-order valence-electron chi connectivity index (χ1n) is 7.70. The molecule has 7 nitrogen and oxygen atoms in total. The summed E-state index contributed by atoms with van der Waals surface area (Å²) in [5.74, 6) is 0.365. The molecule has 0 radical (unpaired) electrons. The minimum Gasteiger partial charge on any atom is -0.362 e. The van der Waals surface area contributed by atoms with E-state index in [4.69, 9.17) is 0 Å². The summed E-state index contributed by atoms with van der Waals surface area (Å²) >= 11 is 0. The van der Waals surface area contributed by atoms with E-state index in [9.17, 15) is 14.9 Å². The van der Waals surface area contributed by atoms with E-state index in [2.05, 4.69) is 11.6 Å². The van der Waals surface area contributed by atoms with Crippen molar-refractivity contribution in [1.82, 2.24) is 9.88 Å². The molecule has 0 fully saturated rings. The Hall–Kier alpha value is -3.22. The Kier molecular flexibility index (Phi) is 5.84. The molecular weight excluding hydrogens is 320 g/mol. The van der Waals surface area contributed by atoms with Crippen LogP contribution in [0.3, 0.4) is 0 Å². The summed E-state index contributed by atoms with van der Waals surface area (Å²) in [5, 5.41) is 10.9. The van der Waals surface area contributed by atoms with Crippen LogP contribution in [-0.2, 0) is 6.54 Å². The van der Waals surface area contributed by atoms with Crippen LogP contribution in [0.4, 0.5) is 11.5 Å². The van der Waals surface area contributed by atoms with Gasteiger partial charge in [-0.15, -0.1) is 6.58 Å². The highest BCUT2D eigenvalue weighted by molar-refractivity contribution is 5.98. The first-order valence-corrected chi connectivity index (χ1v) is 7.70. The molecule has 0 saturated carbocycles. The number of rotatable bonds is 7. The maximum Gasteiger partial charge on any atom is 0.269 e. The molecule has 1 heterocycles. The fourth-order valence-corrected chi connectivity index (χ4v) is 2.45. The summed E-state index contributed by atoms with van der Waals surface area (Å²) in [6, 6.07) is 9.69. The number of anilines is 1. The molecular formula is C18H20N4O3. The van der Waals surface area contributed by atoms with Crippen LogP contribution in [0.15, 0.2) is 55.3 Å². The quantitative estimate of drug-likeness (QED) is 0.440. The average Bonchev–Trinajstić information content (AvgIpc) is 2.61. The molecule has 1 aromatic carbocycles. The van der Waals surface area contributed by atoms with Crippen molar-refractivity contribution in [2.45, 2.75) is 6.54 Å². The van der Waals surface area contributed by atoms with Gasteiger partial charge in [-0.2, -0.15) is 0 Å². The number of carbonyl (C=O) groups excluding carboxylic acids is 1. The summed E-state index contributed by atoms with van der Waals surface area (Å²) in [5.41, 5.74) is 1.15. The Labute approximate surface area is 146 Å². The summed E-state index contributed by atoms with van der Waals surface area (Å²) < 4.78 is 0. The van der Waals surface area contributed by atoms with Gasteiger partial charge < -0.3 is 9.80 Å². The zero-order chi connectivity index (χ0) is 18.4. The second-order valence-corrected chi connectivity index (χ2v) is 5.67. The molecule has 0 bridgehead atoms. The van der Waals surface area contributed by atoms with Gasteiger partial charge in [0.2, 0.25) is 0 Å². The molecule has 25 heavy (non-hydrogen) atoms. The third kappa shape index (κ3) is 4.41. The minimum atomic E-state index is -0.450. The lowest BCUT2D eigenvalue weighted by Gasteiger charge is -2.23. The van der Waals surface area contributed by atoms with E-state index in [-0.39, 0.29) is 18.1 Å². The highest BCUT2D eigenvalue weighted by Crippen LogP contribution is 2.20. The molecule has 2 rings (SSSR count). The van der Waals surface area contributed by atoms with E-state index in [1.165, 1.54) is 12.1 Å². The number of aromatic nitrogens is 1. The van der Waals surface area contributed by atoms with Gasteiger partial charge in [-0.25, -0.2) is 4.98 Å². The smallest absolute Gasteiger partial charge is 0.269 e. The van der Waals surface area contributed by atoms with Crippen LogP contribution in [0.5, 0.6) is 0 Å². The van der Waals surface area contributed by atoms with E-state index in [0.29, 0.717) is 23.5 Å². The fraction of sp³-hybridized carbons (Fsp3) is 0.222. The van der Waals surface area contributed by atoms with Crippen molar-refractivity contribution in [2.24, 2.45) is 0 Å². The molecule has 0 unspecified atom stereocenters. The molecule has 0 aliphatic rings. The Morgan fingerprint density at radius 3 is 2.72 bits per heavy atom. The van der Waals surface area contributed by atoms with Crippen molar-refractivity contribution < 1.29 is 9.72 Å². The number of non-ortho nitro benzene ring substituents is 1. The molecule has 2 aromatic rings. The van der Waals surface area contributed by atoms with Crippen molar-refractivity contribution in [3.8, 4) is 0 Å². The first kappa shape index (κ1) is 18.1. The van der Waals surface area contributed by atoms with Gasteiger partial charge >= 0.3 is 0 Å². The number of hydrogen-bond acceptors (Lipinski definition) is 5. The normalized spacial score (nSPS) is 10.2. The number of carbonyl (C=O) groups is 1. The van der Waals surface area contributed by atoms with E-state index < -0.39 is 4.92 Å². The average molecular weight is 340 g/mol. The van der Waals surface area contributed by atoms with Crippen LogP contribution in [-0.4, -0.2) is 41.4 Å². The predicted molar refractivity (Wildman–Crippen MR) is 96.6 cm³/mol. The van der Waals surface area contributed by atoms with E-state index in [1.807, 2.05) is 14.1 Å². The van der Waals surface area contributed by atoms with Crippen molar-refractivity contribution in [2.75, 3.05) is 25.5 Å². The van der Waals surface area contributed by atoms with Crippen LogP contribution in [0.1, 0.15) is 15.9 Å². The summed E-state index contributed by atoms with van der Waals surface area (Å²) in [6.07, 6.45) is 3.26. The molecule has 7 heteroatoms. The summed E-state index contributed by atoms with van der Waals surface area (Å²) in [4.78, 5) is 31.0. The Bertz CT molecular complexity index is 789. The number of hydrogen-bond donors (Lipinski definition) is 0. The van der Waals surface area contributed by atoms with Gasteiger partial charge in [-0.3, -0.25) is 14.9 Å². The van der Waals surface area contributed by atoms with Crippen molar-refractivity contribution in [3.05, 3.63) is 76.5 Å². The molecule has 1 aromatic heterocycles. The van der Waals surface area contributed by atoms with Crippen molar-refractivity contribution >= 4 is 17.4 Å². The molecule has 0 N–H and O–H groups in total. The second-order valence-electron chi connectivity index (χ2n) is 5.67. The second kappa shape index (κ2) is 8.05. The molecule has 130 valence electrons. The monoisotopic (exact) mass is 340 g/mol. The maximum absolute atomic E-state index is 13.0. The van der Waals surface area contributed by atoms with Crippen LogP contribution in [0.2, 0.25) is 0 Å². The van der Waals surface area contributed by atoms with Crippen molar-refractivity contribution in [3.63, 3.8) is 0 Å². The van der Waals surface area contributed by atoms with Crippen LogP contribution in [0, 0.1) is 10.1 Å². The van der Waals surface area contributed by atoms with E-state index in [1.54, 1.807) is 46.3 Å². The van der Waals surface area contributed by atoms with Gasteiger partial charge in [0, 0.05) is 45.5 Å². The number of nitro groups is 1. The number of nitrogens with zero attached hydrogens (tertiary/aromatic N) is 4. The summed E-state index contributed by atoms with van der Waals surface area (Å²) in [6.45, 7) is 4.26. The highest BCUT2D eigenvalue weighted by Gasteiger charge is 2.20. The topological polar surface area (TPSA) is 79.6 Å². The van der Waals surface area contributed by atoms with Crippen LogP contribution >= 0.6 is 0 Å². The summed E-state index contributed by atoms with van der Waals surface area (Å²) in [7, 11) is 3.63. The van der Waals surface area contributed by atoms with Crippen molar-refractivity contribution in [1.29, 1.82) is 0 Å². The van der Waals surface area contributed by atoms with E-state index in [0.717, 1.165) is 0 Å². The number of benzene rings is 1. The van der Waals surface area contributed by atoms with Gasteiger partial charge in [0.15, 0.2) is 0 Å². The van der Waals surface area contributed by atoms with Crippen LogP contribution in [0.25, 0.3) is 0 Å². The zero-order valence-electron chi connectivity index (χ0n) is 14.3. The lowest BCUT2D eigenvalue weighted by Crippen LogP contribution is -2.32. The number of amides is 1. The van der Waals surface area contributed by atoms with Gasteiger partial charge in [0.05, 0.1) is 10.5 Å². The molecule has 0 aliphatic heterocycles. The standard InChI is InChI=1S/C18H20N4O3/c1-4-11-21(13-14-7-5-8-15(12-14)22(24)25)18(23)16-9-6-10-19-17(16)20(2)3/h4-10,12H,1,11,13H2,2-3H3. The van der Waals surface area contributed by atoms with Gasteiger partial charge in [0.1, 0.15) is 5.82 Å². The lowest BCUT2D eigenvalue weighted by molar-refractivity contribution is -0.384. The Morgan fingerprint density at radius 2 is 2.08 bits per heavy atom. The lowest BCUT2D eigenvalue weighted by atomic mass is 10.1. The van der Waals surface area contributed by atoms with Crippen LogP contribution < -0.4 is 4.90 Å². The molecule has 1 amide bonds. The molecule has 0 saturated heterocycles. The van der Waals surface area contributed by atoms with Gasteiger partial charge in [-0.05, 0) is 17.7 Å². The third-order valence-electron chi connectivity index (χ3n) is 3.57. The van der Waals surface area contributed by atoms with Gasteiger partial charge in [0.25, 0.3) is 11.6 Å². The molecule has 0 spiro atoms. The fourth-order valence-electron chi connectivity index (χ4n) is 2.45. The predicted octanol–water partition coefficient (Wildman–Crippen LogP) is 2.88. The van der Waals surface area contributed by atoms with E-state index >= 15 is 0 Å². The largest absolute Gasteiger partial charge is 0.362 e. The first-order chi connectivity index (χ1) is 11.9. The highest BCUT2D eigenvalue weighted by atomic mass is 16.6. The number of pyridine rings is 1. The zero-order valence-corrected chi connectivity index (χ0v) is 14.3. The molecule has 0 aliphatic carbocycles. The maximum atomic E-state index is 13.0. The SMILES string of the molecule is C=CCN(Cc1cccc([N+](=O)[O-])c1)C(=O)c1cccnc1N(C)C. The Morgan fingerprint density at radius 1 is 1.32 bits per heavy atom. The third-order valence-corrected chi connectivity index (χ3v) is 3.57. The Balaban J connectivity index is 2.32. The minimum absolute atomic E-state index is 0.00106. The molecule has 0 atom stereocenters.